The van der Waals surface area contributed by atoms with Crippen LogP contribution < -0.4 is 10.1 Å². The van der Waals surface area contributed by atoms with E-state index in [9.17, 15) is 0 Å². The first-order valence-electron chi connectivity index (χ1n) is 5.48. The molecule has 82 valence electrons. The van der Waals surface area contributed by atoms with Gasteiger partial charge in [0, 0.05) is 17.3 Å². The molecule has 15 heavy (non-hydrogen) atoms. The number of anilines is 1. The van der Waals surface area contributed by atoms with Gasteiger partial charge in [0.1, 0.15) is 5.75 Å². The van der Waals surface area contributed by atoms with Crippen LogP contribution in [-0.4, -0.2) is 12.6 Å². The molecule has 1 aromatic rings. The average Bonchev–Trinajstić information content (AvgIpc) is 2.14. The van der Waals surface area contributed by atoms with Gasteiger partial charge in [-0.1, -0.05) is 13.0 Å². The fourth-order valence-electron chi connectivity index (χ4n) is 2.49. The van der Waals surface area contributed by atoms with Crippen LogP contribution in [0, 0.1) is 0 Å². The minimum atomic E-state index is 0.179. The Labute approximate surface area is 91.6 Å². The van der Waals surface area contributed by atoms with Crippen molar-refractivity contribution in [3.05, 3.63) is 23.8 Å². The summed E-state index contributed by atoms with van der Waals surface area (Å²) in [6.45, 7) is 6.77. The average molecular weight is 205 g/mol. The summed E-state index contributed by atoms with van der Waals surface area (Å²) in [5, 5.41) is 3.56. The van der Waals surface area contributed by atoms with Gasteiger partial charge in [0.2, 0.25) is 0 Å². The smallest absolute Gasteiger partial charge is 0.120 e. The lowest BCUT2D eigenvalue weighted by molar-refractivity contribution is 0.412. The zero-order valence-corrected chi connectivity index (χ0v) is 9.92. The molecule has 2 rings (SSSR count). The van der Waals surface area contributed by atoms with Crippen LogP contribution in [0.3, 0.4) is 0 Å². The molecule has 1 aliphatic rings. The number of ether oxygens (including phenoxy) is 1. The lowest BCUT2D eigenvalue weighted by Gasteiger charge is -2.37. The van der Waals surface area contributed by atoms with Crippen molar-refractivity contribution in [2.24, 2.45) is 0 Å². The van der Waals surface area contributed by atoms with Crippen LogP contribution >= 0.6 is 0 Å². The molecule has 0 saturated heterocycles. The normalized spacial score (nSPS) is 22.8. The third kappa shape index (κ3) is 1.94. The van der Waals surface area contributed by atoms with Gasteiger partial charge in [0.05, 0.1) is 7.11 Å². The zero-order chi connectivity index (χ0) is 11.1. The summed E-state index contributed by atoms with van der Waals surface area (Å²) in [6.07, 6.45) is 1.17. The molecule has 0 bridgehead atoms. The minimum Gasteiger partial charge on any atom is -0.497 e. The molecule has 1 aliphatic heterocycles. The van der Waals surface area contributed by atoms with E-state index in [4.69, 9.17) is 4.74 Å². The Hall–Kier alpha value is -1.18. The van der Waals surface area contributed by atoms with E-state index in [1.807, 2.05) is 6.07 Å². The molecule has 0 saturated carbocycles. The number of rotatable bonds is 1. The first-order valence-corrected chi connectivity index (χ1v) is 5.48. The highest BCUT2D eigenvalue weighted by molar-refractivity contribution is 5.59. The second-order valence-corrected chi connectivity index (χ2v) is 5.07. The molecule has 0 unspecified atom stereocenters. The Balaban J connectivity index is 2.42. The highest BCUT2D eigenvalue weighted by atomic mass is 16.5. The molecule has 2 nitrogen and oxygen atoms in total. The fraction of sp³-hybridized carbons (Fsp3) is 0.538. The van der Waals surface area contributed by atoms with Crippen molar-refractivity contribution in [2.45, 2.75) is 38.6 Å². The number of benzene rings is 1. The molecule has 0 aromatic heterocycles. The van der Waals surface area contributed by atoms with Gasteiger partial charge in [-0.05, 0) is 37.8 Å². The van der Waals surface area contributed by atoms with Crippen molar-refractivity contribution in [1.82, 2.24) is 0 Å². The van der Waals surface area contributed by atoms with E-state index in [-0.39, 0.29) is 5.54 Å². The summed E-state index contributed by atoms with van der Waals surface area (Å²) in [5.74, 6) is 1.54. The van der Waals surface area contributed by atoms with Gasteiger partial charge in [-0.3, -0.25) is 0 Å². The topological polar surface area (TPSA) is 21.3 Å². The van der Waals surface area contributed by atoms with Crippen LogP contribution in [0.4, 0.5) is 5.69 Å². The van der Waals surface area contributed by atoms with Crippen molar-refractivity contribution >= 4 is 5.69 Å². The van der Waals surface area contributed by atoms with E-state index >= 15 is 0 Å². The van der Waals surface area contributed by atoms with Crippen LogP contribution in [0.25, 0.3) is 0 Å². The molecule has 0 radical (unpaired) electrons. The summed E-state index contributed by atoms with van der Waals surface area (Å²) in [7, 11) is 1.71. The highest BCUT2D eigenvalue weighted by Crippen LogP contribution is 2.39. The Morgan fingerprint density at radius 3 is 2.80 bits per heavy atom. The number of hydrogen-bond acceptors (Lipinski definition) is 2. The Morgan fingerprint density at radius 2 is 2.13 bits per heavy atom. The lowest BCUT2D eigenvalue weighted by atomic mass is 9.82. The Morgan fingerprint density at radius 1 is 1.40 bits per heavy atom. The molecule has 0 spiro atoms. The van der Waals surface area contributed by atoms with Crippen LogP contribution in [0.5, 0.6) is 5.75 Å². The van der Waals surface area contributed by atoms with Crippen molar-refractivity contribution in [2.75, 3.05) is 12.4 Å². The van der Waals surface area contributed by atoms with Gasteiger partial charge in [-0.25, -0.2) is 0 Å². The molecule has 1 atom stereocenters. The standard InChI is InChI=1S/C13H19NO/c1-9-8-13(2,3)14-12-7-10(15-4)5-6-11(9)12/h5-7,9,14H,8H2,1-4H3/t9-/m1/s1. The molecule has 0 aliphatic carbocycles. The van der Waals surface area contributed by atoms with Crippen LogP contribution in [-0.2, 0) is 0 Å². The molecule has 1 heterocycles. The first-order chi connectivity index (χ1) is 7.02. The molecule has 0 fully saturated rings. The number of methoxy groups -OCH3 is 1. The van der Waals surface area contributed by atoms with Crippen LogP contribution in [0.1, 0.15) is 38.7 Å². The largest absolute Gasteiger partial charge is 0.497 e. The summed E-state index contributed by atoms with van der Waals surface area (Å²) in [4.78, 5) is 0. The fourth-order valence-corrected chi connectivity index (χ4v) is 2.49. The van der Waals surface area contributed by atoms with E-state index in [1.54, 1.807) is 7.11 Å². The zero-order valence-electron chi connectivity index (χ0n) is 9.92. The van der Waals surface area contributed by atoms with Gasteiger partial charge < -0.3 is 10.1 Å². The summed E-state index contributed by atoms with van der Waals surface area (Å²) >= 11 is 0. The number of fused-ring (bicyclic) bond motifs is 1. The number of hydrogen-bond donors (Lipinski definition) is 1. The van der Waals surface area contributed by atoms with E-state index in [2.05, 4.69) is 38.2 Å². The van der Waals surface area contributed by atoms with Gasteiger partial charge in [-0.2, -0.15) is 0 Å². The van der Waals surface area contributed by atoms with Crippen LogP contribution in [0.2, 0.25) is 0 Å². The van der Waals surface area contributed by atoms with Crippen molar-refractivity contribution in [1.29, 1.82) is 0 Å². The van der Waals surface area contributed by atoms with Crippen molar-refractivity contribution < 1.29 is 4.74 Å². The van der Waals surface area contributed by atoms with Gasteiger partial charge >= 0.3 is 0 Å². The minimum absolute atomic E-state index is 0.179. The maximum absolute atomic E-state index is 5.24. The quantitative estimate of drug-likeness (QED) is 0.758. The predicted octanol–water partition coefficient (Wildman–Crippen LogP) is 3.39. The maximum Gasteiger partial charge on any atom is 0.120 e. The third-order valence-corrected chi connectivity index (χ3v) is 3.08. The second-order valence-electron chi connectivity index (χ2n) is 5.07. The Kier molecular flexibility index (Phi) is 2.37. The van der Waals surface area contributed by atoms with Gasteiger partial charge in [0.15, 0.2) is 0 Å². The Bertz CT molecular complexity index is 371. The molecule has 1 N–H and O–H groups in total. The molecule has 1 aromatic carbocycles. The van der Waals surface area contributed by atoms with E-state index in [0.29, 0.717) is 5.92 Å². The summed E-state index contributed by atoms with van der Waals surface area (Å²) < 4.78 is 5.24. The molecular weight excluding hydrogens is 186 g/mol. The molecule has 0 amide bonds. The third-order valence-electron chi connectivity index (χ3n) is 3.08. The van der Waals surface area contributed by atoms with Gasteiger partial charge in [0.25, 0.3) is 0 Å². The van der Waals surface area contributed by atoms with Crippen molar-refractivity contribution in [3.63, 3.8) is 0 Å². The monoisotopic (exact) mass is 205 g/mol. The van der Waals surface area contributed by atoms with Crippen molar-refractivity contribution in [3.8, 4) is 5.75 Å². The summed E-state index contributed by atoms with van der Waals surface area (Å²) in [5.41, 5.74) is 2.80. The molecule has 2 heteroatoms. The predicted molar refractivity (Wildman–Crippen MR) is 63.7 cm³/mol. The van der Waals surface area contributed by atoms with E-state index < -0.39 is 0 Å². The first kappa shape index (κ1) is 10.3. The highest BCUT2D eigenvalue weighted by Gasteiger charge is 2.29. The van der Waals surface area contributed by atoms with Crippen LogP contribution in [0.15, 0.2) is 18.2 Å². The van der Waals surface area contributed by atoms with E-state index in [0.717, 1.165) is 5.75 Å². The SMILES string of the molecule is COc1ccc2c(c1)NC(C)(C)C[C@H]2C. The molecular formula is C13H19NO. The maximum atomic E-state index is 5.24. The van der Waals surface area contributed by atoms with Gasteiger partial charge in [-0.15, -0.1) is 0 Å². The van der Waals surface area contributed by atoms with E-state index in [1.165, 1.54) is 17.7 Å². The second kappa shape index (κ2) is 3.44. The lowest BCUT2D eigenvalue weighted by Crippen LogP contribution is -2.36. The summed E-state index contributed by atoms with van der Waals surface area (Å²) in [6, 6.07) is 6.29. The number of nitrogens with one attached hydrogen (secondary N) is 1.